The van der Waals surface area contributed by atoms with Gasteiger partial charge < -0.3 is 15.0 Å². The highest BCUT2D eigenvalue weighted by Crippen LogP contribution is 2.34. The highest BCUT2D eigenvalue weighted by molar-refractivity contribution is 6.33. The Bertz CT molecular complexity index is 997. The minimum Gasteiger partial charge on any atom is -0.478 e. The van der Waals surface area contributed by atoms with Gasteiger partial charge in [-0.15, -0.1) is 0 Å². The molecule has 1 aromatic carbocycles. The zero-order valence-electron chi connectivity index (χ0n) is 16.8. The van der Waals surface area contributed by atoms with Crippen LogP contribution in [0.1, 0.15) is 35.2 Å². The van der Waals surface area contributed by atoms with Crippen molar-refractivity contribution in [2.75, 3.05) is 31.1 Å². The van der Waals surface area contributed by atoms with E-state index in [-0.39, 0.29) is 47.5 Å². The highest BCUT2D eigenvalue weighted by Gasteiger charge is 2.32. The standard InChI is InChI=1S/C20H20ClF3N4O4/c21-16-5-4-14(28(30)31)12-15(16)19(29)25-6-3-9-32-18-11-13(20(22,23)24)10-17(26-18)27-7-1-2-8-27/h4-5,10-12H,1-3,6-9H2,(H,25,29). The van der Waals surface area contributed by atoms with Crippen LogP contribution in [0.2, 0.25) is 5.02 Å². The zero-order valence-corrected chi connectivity index (χ0v) is 17.6. The van der Waals surface area contributed by atoms with Gasteiger partial charge in [0, 0.05) is 37.8 Å². The van der Waals surface area contributed by atoms with E-state index in [1.54, 1.807) is 4.90 Å². The van der Waals surface area contributed by atoms with Crippen molar-refractivity contribution in [3.05, 3.63) is 56.6 Å². The van der Waals surface area contributed by atoms with E-state index in [1.807, 2.05) is 0 Å². The van der Waals surface area contributed by atoms with Gasteiger partial charge in [-0.05, 0) is 31.4 Å². The summed E-state index contributed by atoms with van der Waals surface area (Å²) in [5.41, 5.74) is -1.15. The normalized spacial score (nSPS) is 13.8. The van der Waals surface area contributed by atoms with Crippen LogP contribution < -0.4 is 15.0 Å². The summed E-state index contributed by atoms with van der Waals surface area (Å²) in [5, 5.41) is 13.5. The molecule has 0 radical (unpaired) electrons. The maximum Gasteiger partial charge on any atom is 0.416 e. The number of aromatic nitrogens is 1. The Morgan fingerprint density at radius 3 is 2.62 bits per heavy atom. The third-order valence-electron chi connectivity index (χ3n) is 4.81. The summed E-state index contributed by atoms with van der Waals surface area (Å²) < 4.78 is 45.1. The molecule has 8 nitrogen and oxygen atoms in total. The number of hydrogen-bond donors (Lipinski definition) is 1. The summed E-state index contributed by atoms with van der Waals surface area (Å²) in [6.45, 7) is 1.41. The predicted molar refractivity (Wildman–Crippen MR) is 111 cm³/mol. The van der Waals surface area contributed by atoms with E-state index in [2.05, 4.69) is 10.3 Å². The van der Waals surface area contributed by atoms with E-state index >= 15 is 0 Å². The fourth-order valence-corrected chi connectivity index (χ4v) is 3.39. The van der Waals surface area contributed by atoms with Crippen molar-refractivity contribution in [1.82, 2.24) is 10.3 Å². The van der Waals surface area contributed by atoms with Gasteiger partial charge in [-0.25, -0.2) is 0 Å². The molecule has 0 bridgehead atoms. The first-order chi connectivity index (χ1) is 15.1. The van der Waals surface area contributed by atoms with Crippen molar-refractivity contribution in [3.63, 3.8) is 0 Å². The molecule has 32 heavy (non-hydrogen) atoms. The Kier molecular flexibility index (Phi) is 7.39. The largest absolute Gasteiger partial charge is 0.478 e. The predicted octanol–water partition coefficient (Wildman–Crippen LogP) is 4.46. The average molecular weight is 473 g/mol. The first-order valence-corrected chi connectivity index (χ1v) is 10.2. The number of benzene rings is 1. The minimum atomic E-state index is -4.53. The number of ether oxygens (including phenoxy) is 1. The number of nitro groups is 1. The number of non-ortho nitro benzene ring substituents is 1. The van der Waals surface area contributed by atoms with Crippen molar-refractivity contribution in [2.24, 2.45) is 0 Å². The lowest BCUT2D eigenvalue weighted by atomic mass is 10.2. The molecule has 0 unspecified atom stereocenters. The van der Waals surface area contributed by atoms with Crippen LogP contribution in [0.3, 0.4) is 0 Å². The van der Waals surface area contributed by atoms with Crippen LogP contribution in [0.15, 0.2) is 30.3 Å². The van der Waals surface area contributed by atoms with Gasteiger partial charge in [-0.2, -0.15) is 18.2 Å². The van der Waals surface area contributed by atoms with Crippen LogP contribution >= 0.6 is 11.6 Å². The van der Waals surface area contributed by atoms with Gasteiger partial charge in [0.1, 0.15) is 5.82 Å². The molecule has 1 fully saturated rings. The first-order valence-electron chi connectivity index (χ1n) is 9.84. The number of amides is 1. The number of nitro benzene ring substituents is 1. The molecule has 0 aliphatic carbocycles. The van der Waals surface area contributed by atoms with E-state index in [0.717, 1.165) is 31.0 Å². The van der Waals surface area contributed by atoms with E-state index < -0.39 is 22.6 Å². The summed E-state index contributed by atoms with van der Waals surface area (Å²) in [4.78, 5) is 28.4. The van der Waals surface area contributed by atoms with Crippen LogP contribution in [-0.4, -0.2) is 42.1 Å². The molecular formula is C20H20ClF3N4O4. The molecule has 0 saturated carbocycles. The average Bonchev–Trinajstić information content (AvgIpc) is 3.27. The van der Waals surface area contributed by atoms with Crippen molar-refractivity contribution in [2.45, 2.75) is 25.4 Å². The maximum absolute atomic E-state index is 13.2. The molecular weight excluding hydrogens is 453 g/mol. The van der Waals surface area contributed by atoms with Crippen molar-refractivity contribution < 1.29 is 27.6 Å². The van der Waals surface area contributed by atoms with Gasteiger partial charge in [-0.3, -0.25) is 14.9 Å². The Balaban J connectivity index is 1.56. The van der Waals surface area contributed by atoms with Crippen molar-refractivity contribution in [1.29, 1.82) is 0 Å². The molecule has 2 heterocycles. The molecule has 3 rings (SSSR count). The quantitative estimate of drug-likeness (QED) is 0.346. The van der Waals surface area contributed by atoms with Crippen molar-refractivity contribution in [3.8, 4) is 5.88 Å². The van der Waals surface area contributed by atoms with Gasteiger partial charge >= 0.3 is 6.18 Å². The van der Waals surface area contributed by atoms with E-state index in [1.165, 1.54) is 12.1 Å². The summed E-state index contributed by atoms with van der Waals surface area (Å²) in [5.74, 6) is -0.525. The van der Waals surface area contributed by atoms with Crippen LogP contribution in [-0.2, 0) is 6.18 Å². The van der Waals surface area contributed by atoms with Gasteiger partial charge in [0.2, 0.25) is 5.88 Å². The van der Waals surface area contributed by atoms with E-state index in [9.17, 15) is 28.1 Å². The third-order valence-corrected chi connectivity index (χ3v) is 5.14. The second-order valence-electron chi connectivity index (χ2n) is 7.12. The van der Waals surface area contributed by atoms with Gasteiger partial charge in [-0.1, -0.05) is 11.6 Å². The number of nitrogens with one attached hydrogen (secondary N) is 1. The Hall–Kier alpha value is -3.08. The number of nitrogens with zero attached hydrogens (tertiary/aromatic N) is 3. The minimum absolute atomic E-state index is 0.0106. The van der Waals surface area contributed by atoms with Crippen molar-refractivity contribution >= 4 is 29.0 Å². The molecule has 172 valence electrons. The fraction of sp³-hybridized carbons (Fsp3) is 0.400. The van der Waals surface area contributed by atoms with Crippen LogP contribution in [0.25, 0.3) is 0 Å². The first kappa shape index (κ1) is 23.6. The number of halogens is 4. The molecule has 1 aliphatic heterocycles. The summed E-state index contributed by atoms with van der Waals surface area (Å²) in [7, 11) is 0. The number of rotatable bonds is 8. The third kappa shape index (κ3) is 6.00. The molecule has 2 aromatic rings. The Morgan fingerprint density at radius 1 is 1.25 bits per heavy atom. The van der Waals surface area contributed by atoms with Gasteiger partial charge in [0.05, 0.1) is 27.7 Å². The molecule has 1 aromatic heterocycles. The summed E-state index contributed by atoms with van der Waals surface area (Å²) in [6, 6.07) is 5.38. The number of carbonyl (C=O) groups excluding carboxylic acids is 1. The monoisotopic (exact) mass is 472 g/mol. The second-order valence-corrected chi connectivity index (χ2v) is 7.53. The number of anilines is 1. The molecule has 0 spiro atoms. The second kappa shape index (κ2) is 10.0. The Morgan fingerprint density at radius 2 is 1.97 bits per heavy atom. The number of pyridine rings is 1. The van der Waals surface area contributed by atoms with Crippen LogP contribution in [0.4, 0.5) is 24.7 Å². The lowest BCUT2D eigenvalue weighted by Crippen LogP contribution is -2.26. The summed E-state index contributed by atoms with van der Waals surface area (Å²) >= 11 is 5.92. The lowest BCUT2D eigenvalue weighted by molar-refractivity contribution is -0.384. The zero-order chi connectivity index (χ0) is 23.3. The van der Waals surface area contributed by atoms with E-state index in [4.69, 9.17) is 16.3 Å². The molecule has 1 saturated heterocycles. The highest BCUT2D eigenvalue weighted by atomic mass is 35.5. The number of carbonyl (C=O) groups is 1. The number of hydrogen-bond acceptors (Lipinski definition) is 6. The topological polar surface area (TPSA) is 97.6 Å². The van der Waals surface area contributed by atoms with Crippen LogP contribution in [0, 0.1) is 10.1 Å². The molecule has 12 heteroatoms. The molecule has 0 atom stereocenters. The molecule has 1 N–H and O–H groups in total. The van der Waals surface area contributed by atoms with Gasteiger partial charge in [0.25, 0.3) is 11.6 Å². The SMILES string of the molecule is O=C(NCCCOc1cc(C(F)(F)F)cc(N2CCCC2)n1)c1cc([N+](=O)[O-])ccc1Cl. The maximum atomic E-state index is 13.2. The molecule has 1 amide bonds. The van der Waals surface area contributed by atoms with E-state index in [0.29, 0.717) is 13.1 Å². The Labute approximate surface area is 186 Å². The van der Waals surface area contributed by atoms with Crippen LogP contribution in [0.5, 0.6) is 5.88 Å². The van der Waals surface area contributed by atoms with Gasteiger partial charge in [0.15, 0.2) is 0 Å². The summed E-state index contributed by atoms with van der Waals surface area (Å²) in [6.07, 6.45) is -2.47. The number of alkyl halides is 3. The smallest absolute Gasteiger partial charge is 0.416 e. The molecule has 1 aliphatic rings. The lowest BCUT2D eigenvalue weighted by Gasteiger charge is -2.19. The fourth-order valence-electron chi connectivity index (χ4n) is 3.18.